The summed E-state index contributed by atoms with van der Waals surface area (Å²) in [5.41, 5.74) is 9.20. The van der Waals surface area contributed by atoms with Gasteiger partial charge in [-0.3, -0.25) is 5.43 Å². The Balaban J connectivity index is 1.51. The third-order valence-corrected chi connectivity index (χ3v) is 4.59. The van der Waals surface area contributed by atoms with E-state index in [4.69, 9.17) is 10.3 Å². The molecule has 4 rings (SSSR count). The highest BCUT2D eigenvalue weighted by Crippen LogP contribution is 2.21. The van der Waals surface area contributed by atoms with Gasteiger partial charge in [0.25, 0.3) is 0 Å². The molecule has 11 heteroatoms. The number of nitrogen functional groups attached to an aromatic ring is 1. The lowest BCUT2D eigenvalue weighted by Crippen LogP contribution is -2.01. The van der Waals surface area contributed by atoms with Gasteiger partial charge >= 0.3 is 0 Å². The van der Waals surface area contributed by atoms with E-state index >= 15 is 0 Å². The van der Waals surface area contributed by atoms with Crippen LogP contribution < -0.4 is 11.2 Å². The molecule has 142 valence electrons. The van der Waals surface area contributed by atoms with Crippen molar-refractivity contribution in [2.24, 2.45) is 5.10 Å². The fourth-order valence-corrected chi connectivity index (χ4v) is 2.99. The highest BCUT2D eigenvalue weighted by Gasteiger charge is 2.14. The van der Waals surface area contributed by atoms with E-state index in [1.807, 2.05) is 11.5 Å². The van der Waals surface area contributed by atoms with Gasteiger partial charge < -0.3 is 14.8 Å². The van der Waals surface area contributed by atoms with Crippen LogP contribution in [0.5, 0.6) is 0 Å². The second kappa shape index (κ2) is 7.56. The molecule has 3 aromatic heterocycles. The van der Waals surface area contributed by atoms with E-state index in [2.05, 4.69) is 30.6 Å². The number of nitrogens with one attached hydrogen (secondary N) is 1. The molecule has 9 nitrogen and oxygen atoms in total. The highest BCUT2D eigenvalue weighted by atomic mass is 32.1. The molecule has 0 spiro atoms. The average molecular weight is 398 g/mol. The van der Waals surface area contributed by atoms with E-state index in [-0.39, 0.29) is 11.4 Å². The molecule has 0 fully saturated rings. The van der Waals surface area contributed by atoms with Crippen LogP contribution in [0.1, 0.15) is 17.3 Å². The monoisotopic (exact) mass is 398 g/mol. The van der Waals surface area contributed by atoms with Gasteiger partial charge in [0, 0.05) is 17.8 Å². The first-order valence-corrected chi connectivity index (χ1v) is 9.07. The predicted molar refractivity (Wildman–Crippen MR) is 104 cm³/mol. The van der Waals surface area contributed by atoms with Crippen molar-refractivity contribution in [1.29, 1.82) is 0 Å². The van der Waals surface area contributed by atoms with Crippen molar-refractivity contribution in [1.82, 2.24) is 24.7 Å². The molecule has 3 heterocycles. The molecule has 0 saturated heterocycles. The van der Waals surface area contributed by atoms with Gasteiger partial charge in [-0.2, -0.15) is 10.1 Å². The average Bonchev–Trinajstić information content (AvgIpc) is 3.40. The van der Waals surface area contributed by atoms with Crippen LogP contribution in [-0.4, -0.2) is 30.9 Å². The summed E-state index contributed by atoms with van der Waals surface area (Å²) in [6.07, 6.45) is 5.03. The molecule has 0 aliphatic rings. The van der Waals surface area contributed by atoms with Crippen LogP contribution in [0, 0.1) is 12.7 Å². The van der Waals surface area contributed by atoms with Crippen molar-refractivity contribution < 1.29 is 8.91 Å². The Labute approximate surface area is 162 Å². The zero-order chi connectivity index (χ0) is 19.5. The van der Waals surface area contributed by atoms with E-state index in [0.29, 0.717) is 28.9 Å². The van der Waals surface area contributed by atoms with Crippen LogP contribution in [0.3, 0.4) is 0 Å². The Hall–Kier alpha value is -3.60. The lowest BCUT2D eigenvalue weighted by molar-refractivity contribution is 0.370. The van der Waals surface area contributed by atoms with Gasteiger partial charge in [-0.05, 0) is 24.6 Å². The zero-order valence-corrected chi connectivity index (χ0v) is 15.5. The van der Waals surface area contributed by atoms with Gasteiger partial charge in [-0.25, -0.2) is 14.4 Å². The number of hydrazone groups is 1. The SMILES string of the molecule is Cc1nccn1Cc1nc(-c2cc(C=NNc3nc(N)cs3)ccc2F)no1. The minimum absolute atomic E-state index is 0.168. The molecule has 0 radical (unpaired) electrons. The summed E-state index contributed by atoms with van der Waals surface area (Å²) in [5.74, 6) is 1.31. The van der Waals surface area contributed by atoms with Crippen molar-refractivity contribution in [3.05, 3.63) is 59.1 Å². The van der Waals surface area contributed by atoms with Gasteiger partial charge in [-0.15, -0.1) is 11.3 Å². The first kappa shape index (κ1) is 17.8. The molecule has 0 atom stereocenters. The molecule has 0 aliphatic heterocycles. The van der Waals surface area contributed by atoms with Crippen LogP contribution in [0.25, 0.3) is 11.4 Å². The Morgan fingerprint density at radius 2 is 2.29 bits per heavy atom. The number of benzene rings is 1. The number of halogens is 1. The Kier molecular flexibility index (Phi) is 4.81. The molecule has 0 saturated carbocycles. The number of aryl methyl sites for hydroxylation is 1. The third-order valence-electron chi connectivity index (χ3n) is 3.82. The zero-order valence-electron chi connectivity index (χ0n) is 14.7. The fourth-order valence-electron chi connectivity index (χ4n) is 2.44. The van der Waals surface area contributed by atoms with Gasteiger partial charge in [-0.1, -0.05) is 11.2 Å². The van der Waals surface area contributed by atoms with Crippen molar-refractivity contribution in [3.8, 4) is 11.4 Å². The number of anilines is 2. The minimum Gasteiger partial charge on any atom is -0.383 e. The molecule has 0 aliphatic carbocycles. The molecule has 0 bridgehead atoms. The first-order valence-electron chi connectivity index (χ1n) is 8.19. The second-order valence-corrected chi connectivity index (χ2v) is 6.66. The number of hydrogen-bond donors (Lipinski definition) is 2. The van der Waals surface area contributed by atoms with Crippen LogP contribution >= 0.6 is 11.3 Å². The maximum atomic E-state index is 14.3. The topological polar surface area (TPSA) is 120 Å². The second-order valence-electron chi connectivity index (χ2n) is 5.80. The lowest BCUT2D eigenvalue weighted by Gasteiger charge is -2.00. The fraction of sp³-hybridized carbons (Fsp3) is 0.118. The summed E-state index contributed by atoms with van der Waals surface area (Å²) in [6, 6.07) is 4.51. The molecule has 0 amide bonds. The van der Waals surface area contributed by atoms with E-state index in [1.54, 1.807) is 29.9 Å². The van der Waals surface area contributed by atoms with Crippen molar-refractivity contribution in [2.45, 2.75) is 13.5 Å². The Morgan fingerprint density at radius 1 is 1.39 bits per heavy atom. The van der Waals surface area contributed by atoms with Crippen molar-refractivity contribution in [2.75, 3.05) is 11.2 Å². The van der Waals surface area contributed by atoms with Crippen LogP contribution in [0.4, 0.5) is 15.3 Å². The van der Waals surface area contributed by atoms with Gasteiger partial charge in [0.1, 0.15) is 24.0 Å². The maximum Gasteiger partial charge on any atom is 0.246 e. The van der Waals surface area contributed by atoms with E-state index in [9.17, 15) is 4.39 Å². The summed E-state index contributed by atoms with van der Waals surface area (Å²) in [6.45, 7) is 2.23. The normalized spacial score (nSPS) is 11.4. The van der Waals surface area contributed by atoms with Crippen LogP contribution in [-0.2, 0) is 6.54 Å². The number of thiazole rings is 1. The molecular formula is C17H15FN8OS. The molecular weight excluding hydrogens is 383 g/mol. The largest absolute Gasteiger partial charge is 0.383 e. The minimum atomic E-state index is -0.455. The van der Waals surface area contributed by atoms with Crippen LogP contribution in [0.2, 0.25) is 0 Å². The Bertz CT molecular complexity index is 1130. The van der Waals surface area contributed by atoms with Crippen LogP contribution in [0.15, 0.2) is 45.6 Å². The molecule has 28 heavy (non-hydrogen) atoms. The van der Waals surface area contributed by atoms with Gasteiger partial charge in [0.2, 0.25) is 16.8 Å². The standard InChI is InChI=1S/C17H15FN8OS/c1-10-20-4-5-26(10)8-15-23-16(25-27-15)12-6-11(2-3-13(12)18)7-21-24-17-22-14(19)9-28-17/h2-7,9H,8,19H2,1H3,(H,22,24). The van der Waals surface area contributed by atoms with E-state index in [0.717, 1.165) is 5.82 Å². The molecule has 1 aromatic carbocycles. The maximum absolute atomic E-state index is 14.3. The van der Waals surface area contributed by atoms with Crippen molar-refractivity contribution >= 4 is 28.5 Å². The summed E-state index contributed by atoms with van der Waals surface area (Å²) in [7, 11) is 0. The molecule has 4 aromatic rings. The molecule has 3 N–H and O–H groups in total. The molecule has 0 unspecified atom stereocenters. The van der Waals surface area contributed by atoms with Crippen molar-refractivity contribution in [3.63, 3.8) is 0 Å². The number of rotatable bonds is 6. The number of aromatic nitrogens is 5. The highest BCUT2D eigenvalue weighted by molar-refractivity contribution is 7.14. The number of nitrogens with two attached hydrogens (primary N) is 1. The third kappa shape index (κ3) is 3.88. The number of nitrogens with zero attached hydrogens (tertiary/aromatic N) is 6. The van der Waals surface area contributed by atoms with Gasteiger partial charge in [0.15, 0.2) is 0 Å². The summed E-state index contributed by atoms with van der Waals surface area (Å²) in [5, 5.41) is 10.2. The van der Waals surface area contributed by atoms with Gasteiger partial charge in [0.05, 0.1) is 11.8 Å². The number of imidazole rings is 1. The number of hydrogen-bond acceptors (Lipinski definition) is 9. The predicted octanol–water partition coefficient (Wildman–Crippen LogP) is 2.91. The summed E-state index contributed by atoms with van der Waals surface area (Å²) >= 11 is 1.33. The smallest absolute Gasteiger partial charge is 0.246 e. The quantitative estimate of drug-likeness (QED) is 0.378. The summed E-state index contributed by atoms with van der Waals surface area (Å²) < 4.78 is 21.4. The van der Waals surface area contributed by atoms with E-state index < -0.39 is 5.82 Å². The Morgan fingerprint density at radius 3 is 3.04 bits per heavy atom. The lowest BCUT2D eigenvalue weighted by atomic mass is 10.1. The first-order chi connectivity index (χ1) is 13.6. The summed E-state index contributed by atoms with van der Waals surface area (Å²) in [4.78, 5) is 12.5. The van der Waals surface area contributed by atoms with E-state index in [1.165, 1.54) is 23.6 Å².